The van der Waals surface area contributed by atoms with Crippen molar-refractivity contribution < 1.29 is 9.90 Å². The summed E-state index contributed by atoms with van der Waals surface area (Å²) >= 11 is 6.01. The molecule has 21 heavy (non-hydrogen) atoms. The van der Waals surface area contributed by atoms with E-state index in [-0.39, 0.29) is 11.8 Å². The van der Waals surface area contributed by atoms with Crippen molar-refractivity contribution in [1.29, 1.82) is 0 Å². The predicted octanol–water partition coefficient (Wildman–Crippen LogP) is 2.73. The Balaban J connectivity index is 1.93. The Morgan fingerprint density at radius 3 is 2.71 bits per heavy atom. The number of carbonyl (C=O) groups excluding carboxylic acids is 1. The molecule has 0 unspecified atom stereocenters. The summed E-state index contributed by atoms with van der Waals surface area (Å²) in [6.07, 6.45) is 0. The van der Waals surface area contributed by atoms with E-state index in [4.69, 9.17) is 11.6 Å². The van der Waals surface area contributed by atoms with Gasteiger partial charge in [-0.3, -0.25) is 4.79 Å². The molecule has 2 heterocycles. The van der Waals surface area contributed by atoms with Crippen LogP contribution in [0.15, 0.2) is 30.3 Å². The molecule has 1 fully saturated rings. The molecule has 0 atom stereocenters. The molecule has 0 radical (unpaired) electrons. The number of halogens is 1. The van der Waals surface area contributed by atoms with Crippen molar-refractivity contribution >= 4 is 28.4 Å². The highest BCUT2D eigenvalue weighted by molar-refractivity contribution is 6.30. The largest absolute Gasteiger partial charge is 0.386 e. The molecule has 1 amide bonds. The van der Waals surface area contributed by atoms with Crippen LogP contribution in [0.1, 0.15) is 24.2 Å². The van der Waals surface area contributed by atoms with Gasteiger partial charge in [0.25, 0.3) is 5.91 Å². The summed E-state index contributed by atoms with van der Waals surface area (Å²) < 4.78 is 0. The molecule has 0 aliphatic carbocycles. The number of hydrogen-bond acceptors (Lipinski definition) is 3. The van der Waals surface area contributed by atoms with Gasteiger partial charge in [0.05, 0.1) is 24.2 Å². The molecule has 1 aliphatic rings. The third kappa shape index (κ3) is 2.39. The smallest absolute Gasteiger partial charge is 0.254 e. The fourth-order valence-corrected chi connectivity index (χ4v) is 2.81. The molecule has 4 nitrogen and oxygen atoms in total. The van der Waals surface area contributed by atoms with E-state index in [9.17, 15) is 9.90 Å². The van der Waals surface area contributed by atoms with E-state index in [0.29, 0.717) is 29.3 Å². The number of fused-ring (bicyclic) bond motifs is 1. The SMILES string of the molecule is CC(C)C1(O)CN(C(=O)c2cc(Cl)nc3ccccc23)C1. The number of rotatable bonds is 2. The molecule has 0 bridgehead atoms. The second-order valence-electron chi connectivity index (χ2n) is 5.93. The maximum Gasteiger partial charge on any atom is 0.254 e. The summed E-state index contributed by atoms with van der Waals surface area (Å²) in [6.45, 7) is 4.64. The van der Waals surface area contributed by atoms with Crippen molar-refractivity contribution in [2.45, 2.75) is 19.4 Å². The summed E-state index contributed by atoms with van der Waals surface area (Å²) in [7, 11) is 0. The first-order valence-corrected chi connectivity index (χ1v) is 7.35. The van der Waals surface area contributed by atoms with Crippen molar-refractivity contribution in [3.8, 4) is 0 Å². The van der Waals surface area contributed by atoms with Gasteiger partial charge in [0.1, 0.15) is 10.8 Å². The molecular formula is C16H17ClN2O2. The molecule has 1 aromatic heterocycles. The summed E-state index contributed by atoms with van der Waals surface area (Å²) in [5.41, 5.74) is 0.465. The van der Waals surface area contributed by atoms with E-state index in [0.717, 1.165) is 5.39 Å². The van der Waals surface area contributed by atoms with Crippen LogP contribution in [0.25, 0.3) is 10.9 Å². The maximum absolute atomic E-state index is 12.6. The Morgan fingerprint density at radius 1 is 1.38 bits per heavy atom. The lowest BCUT2D eigenvalue weighted by Crippen LogP contribution is -2.65. The highest BCUT2D eigenvalue weighted by atomic mass is 35.5. The molecule has 2 aromatic rings. The molecule has 5 heteroatoms. The standard InChI is InChI=1S/C16H17ClN2O2/c1-10(2)16(21)8-19(9-16)15(20)12-7-14(17)18-13-6-4-3-5-11(12)13/h3-7,10,21H,8-9H2,1-2H3. The Bertz CT molecular complexity index is 708. The topological polar surface area (TPSA) is 53.4 Å². The number of amides is 1. The number of nitrogens with zero attached hydrogens (tertiary/aromatic N) is 2. The van der Waals surface area contributed by atoms with Gasteiger partial charge in [0.2, 0.25) is 0 Å². The highest BCUT2D eigenvalue weighted by Gasteiger charge is 2.46. The molecule has 1 saturated heterocycles. The van der Waals surface area contributed by atoms with Crippen LogP contribution in [0.5, 0.6) is 0 Å². The summed E-state index contributed by atoms with van der Waals surface area (Å²) in [4.78, 5) is 18.5. The van der Waals surface area contributed by atoms with E-state index in [1.807, 2.05) is 38.1 Å². The lowest BCUT2D eigenvalue weighted by atomic mass is 9.82. The molecule has 1 N–H and O–H groups in total. The van der Waals surface area contributed by atoms with Crippen LogP contribution in [-0.2, 0) is 0 Å². The number of para-hydroxylation sites is 1. The minimum Gasteiger partial charge on any atom is -0.386 e. The quantitative estimate of drug-likeness (QED) is 0.868. The molecule has 3 rings (SSSR count). The molecule has 1 aliphatic heterocycles. The Kier molecular flexibility index (Phi) is 3.38. The Labute approximate surface area is 128 Å². The average Bonchev–Trinajstić information content (AvgIpc) is 2.41. The molecule has 0 saturated carbocycles. The summed E-state index contributed by atoms with van der Waals surface area (Å²) in [5.74, 6) is 0.0140. The number of carbonyl (C=O) groups is 1. The second-order valence-corrected chi connectivity index (χ2v) is 6.32. The summed E-state index contributed by atoms with van der Waals surface area (Å²) in [5, 5.41) is 11.4. The first-order valence-electron chi connectivity index (χ1n) is 6.98. The van der Waals surface area contributed by atoms with Crippen molar-refractivity contribution in [1.82, 2.24) is 9.88 Å². The van der Waals surface area contributed by atoms with Crippen LogP contribution in [0.2, 0.25) is 5.15 Å². The third-order valence-electron chi connectivity index (χ3n) is 4.21. The van der Waals surface area contributed by atoms with Crippen molar-refractivity contribution in [2.75, 3.05) is 13.1 Å². The van der Waals surface area contributed by atoms with E-state index in [2.05, 4.69) is 4.98 Å². The Hall–Kier alpha value is -1.65. The van der Waals surface area contributed by atoms with Gasteiger partial charge in [-0.25, -0.2) is 4.98 Å². The number of aliphatic hydroxyl groups is 1. The van der Waals surface area contributed by atoms with E-state index < -0.39 is 5.60 Å². The van der Waals surface area contributed by atoms with Crippen LogP contribution < -0.4 is 0 Å². The summed E-state index contributed by atoms with van der Waals surface area (Å²) in [6, 6.07) is 9.02. The first-order chi connectivity index (χ1) is 9.90. The normalized spacial score (nSPS) is 17.1. The zero-order valence-electron chi connectivity index (χ0n) is 12.0. The van der Waals surface area contributed by atoms with Crippen LogP contribution in [0.3, 0.4) is 0 Å². The van der Waals surface area contributed by atoms with Crippen LogP contribution in [-0.4, -0.2) is 39.6 Å². The second kappa shape index (κ2) is 4.97. The molecule has 1 aromatic carbocycles. The van der Waals surface area contributed by atoms with Crippen LogP contribution in [0, 0.1) is 5.92 Å². The van der Waals surface area contributed by atoms with E-state index in [1.54, 1.807) is 11.0 Å². The fraction of sp³-hybridized carbons (Fsp3) is 0.375. The Morgan fingerprint density at radius 2 is 2.05 bits per heavy atom. The third-order valence-corrected chi connectivity index (χ3v) is 4.40. The first kappa shape index (κ1) is 14.3. The van der Waals surface area contributed by atoms with Gasteiger partial charge in [0, 0.05) is 5.39 Å². The lowest BCUT2D eigenvalue weighted by molar-refractivity contribution is -0.110. The number of hydrogen-bond donors (Lipinski definition) is 1. The van der Waals surface area contributed by atoms with Gasteiger partial charge >= 0.3 is 0 Å². The van der Waals surface area contributed by atoms with Gasteiger partial charge < -0.3 is 10.0 Å². The molecule has 110 valence electrons. The average molecular weight is 305 g/mol. The minimum absolute atomic E-state index is 0.110. The van der Waals surface area contributed by atoms with E-state index in [1.165, 1.54) is 0 Å². The number of benzene rings is 1. The number of pyridine rings is 1. The van der Waals surface area contributed by atoms with E-state index >= 15 is 0 Å². The van der Waals surface area contributed by atoms with Gasteiger partial charge in [0.15, 0.2) is 0 Å². The minimum atomic E-state index is -0.776. The van der Waals surface area contributed by atoms with Crippen molar-refractivity contribution in [2.24, 2.45) is 5.92 Å². The molecular weight excluding hydrogens is 288 g/mol. The highest BCUT2D eigenvalue weighted by Crippen LogP contribution is 2.31. The van der Waals surface area contributed by atoms with Crippen LogP contribution >= 0.6 is 11.6 Å². The number of likely N-dealkylation sites (tertiary alicyclic amines) is 1. The monoisotopic (exact) mass is 304 g/mol. The number of aromatic nitrogens is 1. The van der Waals surface area contributed by atoms with Crippen molar-refractivity contribution in [3.05, 3.63) is 41.0 Å². The zero-order chi connectivity index (χ0) is 15.2. The molecule has 0 spiro atoms. The predicted molar refractivity (Wildman–Crippen MR) is 82.4 cm³/mol. The van der Waals surface area contributed by atoms with Gasteiger partial charge in [-0.05, 0) is 18.1 Å². The van der Waals surface area contributed by atoms with Crippen LogP contribution in [0.4, 0.5) is 0 Å². The van der Waals surface area contributed by atoms with Gasteiger partial charge in [-0.2, -0.15) is 0 Å². The van der Waals surface area contributed by atoms with Crippen molar-refractivity contribution in [3.63, 3.8) is 0 Å². The maximum atomic E-state index is 12.6. The number of β-amino-alcohol motifs (C(OH)–C–C–N with tert-alkyl or cyclic N) is 1. The van der Waals surface area contributed by atoms with Gasteiger partial charge in [-0.1, -0.05) is 43.6 Å². The van der Waals surface area contributed by atoms with Gasteiger partial charge in [-0.15, -0.1) is 0 Å². The zero-order valence-corrected chi connectivity index (χ0v) is 12.8. The lowest BCUT2D eigenvalue weighted by Gasteiger charge is -2.49. The fourth-order valence-electron chi connectivity index (χ4n) is 2.61.